The van der Waals surface area contributed by atoms with Crippen LogP contribution in [0, 0.1) is 0 Å². The molecule has 0 saturated carbocycles. The zero-order valence-electron chi connectivity index (χ0n) is 41.8. The number of aromatic nitrogens is 2. The number of allylic oxidation sites excluding steroid dienone is 10. The minimum Gasteiger partial charge on any atom is -0.462 e. The highest BCUT2D eigenvalue weighted by atomic mass is 31.3. The lowest BCUT2D eigenvalue weighted by atomic mass is 10.1. The summed E-state index contributed by atoms with van der Waals surface area (Å²) in [7, 11) is -10.9. The second-order valence-electron chi connectivity index (χ2n) is 17.3. The Bertz CT molecular complexity index is 1990. The van der Waals surface area contributed by atoms with E-state index in [2.05, 4.69) is 35.3 Å². The number of phosphoric ester groups is 2. The molecule has 0 aliphatic carbocycles. The van der Waals surface area contributed by atoms with Crippen LogP contribution in [0.2, 0.25) is 0 Å². The monoisotopic (exact) mass is 1040 g/mol. The molecule has 0 amide bonds. The van der Waals surface area contributed by atoms with E-state index in [1.54, 1.807) is 12.2 Å². The Labute approximate surface area is 419 Å². The Morgan fingerprint density at radius 2 is 1.28 bits per heavy atom. The van der Waals surface area contributed by atoms with Gasteiger partial charge in [-0.05, 0) is 76.4 Å². The minimum atomic E-state index is -5.45. The predicted molar refractivity (Wildman–Crippen MR) is 271 cm³/mol. The summed E-state index contributed by atoms with van der Waals surface area (Å²) in [5.41, 5.74) is 4.57. The van der Waals surface area contributed by atoms with Crippen molar-refractivity contribution in [1.29, 1.82) is 0 Å². The average molecular weight is 1040 g/mol. The molecule has 0 bridgehead atoms. The normalized spacial score (nSPS) is 19.6. The maximum Gasteiger partial charge on any atom is 0.481 e. The van der Waals surface area contributed by atoms with Gasteiger partial charge in [0.25, 0.3) is 0 Å². The number of nitrogen functional groups attached to an aromatic ring is 1. The van der Waals surface area contributed by atoms with E-state index in [9.17, 15) is 48.3 Å². The number of ketones is 1. The summed E-state index contributed by atoms with van der Waals surface area (Å²) in [6.45, 7) is 1.91. The summed E-state index contributed by atoms with van der Waals surface area (Å²) in [6.07, 6.45) is 32.9. The van der Waals surface area contributed by atoms with Crippen LogP contribution < -0.4 is 11.4 Å². The van der Waals surface area contributed by atoms with Gasteiger partial charge in [-0.25, -0.2) is 13.9 Å². The van der Waals surface area contributed by atoms with E-state index < -0.39 is 83.7 Å². The third-order valence-corrected chi connectivity index (χ3v) is 13.7. The van der Waals surface area contributed by atoms with Crippen molar-refractivity contribution in [3.05, 3.63) is 83.5 Å². The number of carbonyl (C=O) groups is 3. The van der Waals surface area contributed by atoms with Gasteiger partial charge < -0.3 is 39.9 Å². The molecule has 1 fully saturated rings. The van der Waals surface area contributed by atoms with Crippen LogP contribution in [0.1, 0.15) is 168 Å². The molecular formula is C50H81N3O16P2. The Morgan fingerprint density at radius 1 is 0.718 bits per heavy atom. The van der Waals surface area contributed by atoms with E-state index in [-0.39, 0.29) is 24.4 Å². The minimum absolute atomic E-state index is 0.0146. The number of ether oxygens (including phenoxy) is 3. The van der Waals surface area contributed by atoms with Crippen LogP contribution in [0.4, 0.5) is 5.82 Å². The Morgan fingerprint density at radius 3 is 1.97 bits per heavy atom. The first-order valence-corrected chi connectivity index (χ1v) is 28.2. The van der Waals surface area contributed by atoms with Crippen molar-refractivity contribution >= 4 is 39.2 Å². The maximum atomic E-state index is 12.8. The van der Waals surface area contributed by atoms with Gasteiger partial charge in [0.1, 0.15) is 30.7 Å². The van der Waals surface area contributed by atoms with Crippen molar-refractivity contribution in [1.82, 2.24) is 9.55 Å². The van der Waals surface area contributed by atoms with Gasteiger partial charge in [0.05, 0.1) is 13.2 Å². The molecule has 0 radical (unpaired) electrons. The smallest absolute Gasteiger partial charge is 0.462 e. The quantitative estimate of drug-likeness (QED) is 0.0102. The number of esters is 2. The van der Waals surface area contributed by atoms with Gasteiger partial charge in [-0.15, -0.1) is 0 Å². The highest BCUT2D eigenvalue weighted by molar-refractivity contribution is 7.61. The molecule has 402 valence electrons. The van der Waals surface area contributed by atoms with Crippen LogP contribution >= 0.6 is 15.6 Å². The lowest BCUT2D eigenvalue weighted by Gasteiger charge is -2.21. The second kappa shape index (κ2) is 37.8. The molecule has 6 N–H and O–H groups in total. The number of rotatable bonds is 41. The molecular weight excluding hydrogens is 961 g/mol. The SMILES string of the molecule is CCCCCCCC/C=C\CCCCCCCC(=O)O[C@H](COC(=O)CCC/C=C\C/C=C\C/C=C\C=C\C(=O)CCCCC)COP(=O)(O)OP(=O)(O)OC[C@H]1O[C@@H](n2ccc(N)nc2=O)[C@H](O)[C@@H]1O. The first-order chi connectivity index (χ1) is 34.1. The number of unbranched alkanes of at least 4 members (excludes halogenated alkanes) is 14. The molecule has 1 aromatic rings. The van der Waals surface area contributed by atoms with Crippen molar-refractivity contribution in [2.24, 2.45) is 0 Å². The van der Waals surface area contributed by atoms with Crippen molar-refractivity contribution in [2.75, 3.05) is 25.6 Å². The predicted octanol–water partition coefficient (Wildman–Crippen LogP) is 9.51. The molecule has 2 heterocycles. The number of phosphoric acid groups is 2. The second-order valence-corrected chi connectivity index (χ2v) is 20.4. The highest BCUT2D eigenvalue weighted by Gasteiger charge is 2.46. The zero-order valence-corrected chi connectivity index (χ0v) is 43.5. The van der Waals surface area contributed by atoms with Crippen LogP contribution in [-0.4, -0.2) is 91.5 Å². The molecule has 0 aromatic carbocycles. The van der Waals surface area contributed by atoms with Crippen LogP contribution in [-0.2, 0) is 51.1 Å². The number of nitrogens with zero attached hydrogens (tertiary/aromatic N) is 2. The van der Waals surface area contributed by atoms with Crippen LogP contribution in [0.25, 0.3) is 0 Å². The number of carbonyl (C=O) groups excluding carboxylic acids is 3. The molecule has 1 aliphatic rings. The lowest BCUT2D eigenvalue weighted by Crippen LogP contribution is -2.36. The summed E-state index contributed by atoms with van der Waals surface area (Å²) in [4.78, 5) is 73.6. The summed E-state index contributed by atoms with van der Waals surface area (Å²) < 4.78 is 56.6. The van der Waals surface area contributed by atoms with Gasteiger partial charge >= 0.3 is 33.3 Å². The van der Waals surface area contributed by atoms with E-state index in [1.165, 1.54) is 44.6 Å². The van der Waals surface area contributed by atoms with Gasteiger partial charge in [-0.3, -0.25) is 28.0 Å². The molecule has 7 atom stereocenters. The van der Waals surface area contributed by atoms with E-state index in [1.807, 2.05) is 36.5 Å². The number of aliphatic hydroxyl groups is 2. The first kappa shape index (κ1) is 63.2. The van der Waals surface area contributed by atoms with Gasteiger partial charge in [-0.1, -0.05) is 133 Å². The van der Waals surface area contributed by atoms with Crippen LogP contribution in [0.15, 0.2) is 77.8 Å². The van der Waals surface area contributed by atoms with Gasteiger partial charge in [0, 0.05) is 25.5 Å². The standard InChI is InChI=1S/C50H81N3O16P2/c1-3-5-7-8-9-10-11-12-13-14-17-21-24-27-31-35-46(56)67-42(38-64-45(55)34-30-26-23-20-18-15-16-19-22-25-29-33-41(54)32-28-6-4-2)39-65-70(60,61)69-71(62,63)66-40-43-47(57)48(58)49(68-43)53-37-36-44(51)52-50(53)59/h12-13,15-16,20,22-23,25,29,33,36-37,42-43,47-49,57-58H,3-11,14,17-19,21,24,26-28,30-32,34-35,38-40H2,1-2H3,(H,60,61)(H,62,63)(H2,51,52,59)/b13-12-,16-15-,23-20-,25-22-,33-29+/t42-,43-,47-,48-,49-/m1/s1. The van der Waals surface area contributed by atoms with Crippen LogP contribution in [0.5, 0.6) is 0 Å². The van der Waals surface area contributed by atoms with Crippen LogP contribution in [0.3, 0.4) is 0 Å². The average Bonchev–Trinajstić information content (AvgIpc) is 3.60. The van der Waals surface area contributed by atoms with Crippen molar-refractivity contribution < 1.29 is 71.1 Å². The van der Waals surface area contributed by atoms with Crippen molar-refractivity contribution in [3.8, 4) is 0 Å². The molecule has 2 unspecified atom stereocenters. The summed E-state index contributed by atoms with van der Waals surface area (Å²) in [5, 5.41) is 20.9. The van der Waals surface area contributed by atoms with Crippen molar-refractivity contribution in [3.63, 3.8) is 0 Å². The highest BCUT2D eigenvalue weighted by Crippen LogP contribution is 2.60. The summed E-state index contributed by atoms with van der Waals surface area (Å²) in [5.74, 6) is -1.28. The number of hydrogen-bond acceptors (Lipinski definition) is 16. The number of anilines is 1. The number of hydrogen-bond donors (Lipinski definition) is 5. The van der Waals surface area contributed by atoms with E-state index in [4.69, 9.17) is 29.0 Å². The van der Waals surface area contributed by atoms with E-state index in [0.29, 0.717) is 32.1 Å². The molecule has 19 nitrogen and oxygen atoms in total. The molecule has 2 rings (SSSR count). The summed E-state index contributed by atoms with van der Waals surface area (Å²) >= 11 is 0. The largest absolute Gasteiger partial charge is 0.481 e. The first-order valence-electron chi connectivity index (χ1n) is 25.3. The topological polar surface area (TPSA) is 283 Å². The molecule has 1 aliphatic heterocycles. The Kier molecular flexibility index (Phi) is 33.7. The Balaban J connectivity index is 1.84. The van der Waals surface area contributed by atoms with Crippen molar-refractivity contribution in [2.45, 2.75) is 192 Å². The zero-order chi connectivity index (χ0) is 52.2. The molecule has 1 saturated heterocycles. The Hall–Kier alpha value is -3.87. The van der Waals surface area contributed by atoms with Gasteiger partial charge in [0.15, 0.2) is 18.1 Å². The summed E-state index contributed by atoms with van der Waals surface area (Å²) in [6, 6.07) is 1.24. The van der Waals surface area contributed by atoms with E-state index >= 15 is 0 Å². The van der Waals surface area contributed by atoms with E-state index in [0.717, 1.165) is 75.0 Å². The fraction of sp³-hybridized carbons (Fsp3) is 0.660. The third-order valence-electron chi connectivity index (χ3n) is 11.1. The van der Waals surface area contributed by atoms with Gasteiger partial charge in [0.2, 0.25) is 0 Å². The fourth-order valence-electron chi connectivity index (χ4n) is 7.08. The molecule has 21 heteroatoms. The molecule has 1 aromatic heterocycles. The lowest BCUT2D eigenvalue weighted by molar-refractivity contribution is -0.161. The molecule has 0 spiro atoms. The number of aliphatic hydroxyl groups excluding tert-OH is 2. The van der Waals surface area contributed by atoms with Gasteiger partial charge in [-0.2, -0.15) is 9.29 Å². The fourth-order valence-corrected chi connectivity index (χ4v) is 9.19. The third kappa shape index (κ3) is 30.7. The number of nitrogens with two attached hydrogens (primary N) is 1. The molecule has 71 heavy (non-hydrogen) atoms. The maximum absolute atomic E-state index is 12.8.